The van der Waals surface area contributed by atoms with Crippen molar-refractivity contribution in [2.75, 3.05) is 27.7 Å². The third-order valence-electron chi connectivity index (χ3n) is 4.55. The lowest BCUT2D eigenvalue weighted by Crippen LogP contribution is -2.34. The van der Waals surface area contributed by atoms with Crippen LogP contribution in [0.5, 0.6) is 5.75 Å². The van der Waals surface area contributed by atoms with E-state index in [0.717, 1.165) is 16.2 Å². The lowest BCUT2D eigenvalue weighted by molar-refractivity contribution is 0.0938. The molecule has 6 heteroatoms. The fraction of sp³-hybridized carbons (Fsp3) is 0.217. The summed E-state index contributed by atoms with van der Waals surface area (Å²) in [5.41, 5.74) is 1.69. The molecule has 1 aromatic heterocycles. The van der Waals surface area contributed by atoms with E-state index in [0.29, 0.717) is 17.1 Å². The minimum Gasteiger partial charge on any atom is -0.497 e. The number of likely N-dealkylation sites (N-methyl/N-ethyl adjacent to an activating group) is 1. The Bertz CT molecular complexity index is 930. The molecule has 0 radical (unpaired) electrons. The number of methoxy groups -OCH3 is 1. The molecule has 0 aliphatic rings. The summed E-state index contributed by atoms with van der Waals surface area (Å²) in [5, 5.41) is 3.76. The van der Waals surface area contributed by atoms with Gasteiger partial charge in [0.2, 0.25) is 0 Å². The molecule has 5 nitrogen and oxygen atoms in total. The molecule has 3 rings (SSSR count). The number of rotatable bonds is 8. The number of nitrogens with one attached hydrogen (secondary N) is 1. The lowest BCUT2D eigenvalue weighted by Gasteiger charge is -2.25. The highest BCUT2D eigenvalue weighted by molar-refractivity contribution is 7.99. The fourth-order valence-corrected chi connectivity index (χ4v) is 3.86. The molecule has 0 saturated carbocycles. The van der Waals surface area contributed by atoms with Gasteiger partial charge in [-0.15, -0.1) is 0 Å². The first kappa shape index (κ1) is 20.9. The van der Waals surface area contributed by atoms with Gasteiger partial charge in [0.15, 0.2) is 0 Å². The van der Waals surface area contributed by atoms with Crippen LogP contribution in [0, 0.1) is 0 Å². The average Bonchev–Trinajstić information content (AvgIpc) is 2.75. The SMILES string of the molecule is COc1ccc(C(CNC(=O)c2cccnc2Sc2ccccc2)N(C)C)cc1. The van der Waals surface area contributed by atoms with Crippen LogP contribution in [0.15, 0.2) is 82.8 Å². The van der Waals surface area contributed by atoms with Gasteiger partial charge < -0.3 is 15.0 Å². The van der Waals surface area contributed by atoms with Crippen LogP contribution in [0.25, 0.3) is 0 Å². The highest BCUT2D eigenvalue weighted by Crippen LogP contribution is 2.28. The molecule has 1 N–H and O–H groups in total. The molecule has 1 heterocycles. The average molecular weight is 408 g/mol. The third-order valence-corrected chi connectivity index (χ3v) is 5.58. The molecule has 29 heavy (non-hydrogen) atoms. The van der Waals surface area contributed by atoms with E-state index in [-0.39, 0.29) is 11.9 Å². The van der Waals surface area contributed by atoms with Gasteiger partial charge in [-0.1, -0.05) is 42.1 Å². The van der Waals surface area contributed by atoms with Crippen LogP contribution in [0.3, 0.4) is 0 Å². The van der Waals surface area contributed by atoms with E-state index in [1.807, 2.05) is 74.8 Å². The molecule has 0 bridgehead atoms. The smallest absolute Gasteiger partial charge is 0.254 e. The lowest BCUT2D eigenvalue weighted by atomic mass is 10.1. The van der Waals surface area contributed by atoms with Gasteiger partial charge in [-0.2, -0.15) is 0 Å². The van der Waals surface area contributed by atoms with E-state index in [4.69, 9.17) is 4.74 Å². The van der Waals surface area contributed by atoms with Crippen LogP contribution >= 0.6 is 11.8 Å². The molecule has 1 unspecified atom stereocenters. The predicted molar refractivity (Wildman–Crippen MR) is 117 cm³/mol. The van der Waals surface area contributed by atoms with Crippen LogP contribution in [0.2, 0.25) is 0 Å². The van der Waals surface area contributed by atoms with Crippen LogP contribution in [-0.4, -0.2) is 43.5 Å². The topological polar surface area (TPSA) is 54.5 Å². The molecule has 1 amide bonds. The van der Waals surface area contributed by atoms with Crippen molar-refractivity contribution in [2.24, 2.45) is 0 Å². The number of pyridine rings is 1. The Hall–Kier alpha value is -2.83. The third kappa shape index (κ3) is 5.59. The summed E-state index contributed by atoms with van der Waals surface area (Å²) in [5.74, 6) is 0.685. The standard InChI is InChI=1S/C23H25N3O2S/c1-26(2)21(17-11-13-18(28-3)14-12-17)16-25-22(27)20-10-7-15-24-23(20)29-19-8-5-4-6-9-19/h4-15,21H,16H2,1-3H3,(H,25,27). The Kier molecular flexibility index (Phi) is 7.27. The Balaban J connectivity index is 1.72. The molecule has 3 aromatic rings. The zero-order valence-corrected chi connectivity index (χ0v) is 17.6. The van der Waals surface area contributed by atoms with Crippen LogP contribution in [0.1, 0.15) is 22.0 Å². The van der Waals surface area contributed by atoms with E-state index in [2.05, 4.69) is 15.2 Å². The first-order valence-corrected chi connectivity index (χ1v) is 10.2. The summed E-state index contributed by atoms with van der Waals surface area (Å²) < 4.78 is 5.23. The molecule has 2 aromatic carbocycles. The van der Waals surface area contributed by atoms with E-state index < -0.39 is 0 Å². The van der Waals surface area contributed by atoms with Crippen molar-refractivity contribution in [1.82, 2.24) is 15.2 Å². The zero-order chi connectivity index (χ0) is 20.6. The highest BCUT2D eigenvalue weighted by atomic mass is 32.2. The van der Waals surface area contributed by atoms with Gasteiger partial charge in [0.25, 0.3) is 5.91 Å². The van der Waals surface area contributed by atoms with Crippen molar-refractivity contribution < 1.29 is 9.53 Å². The second-order valence-corrected chi connectivity index (χ2v) is 7.80. The van der Waals surface area contributed by atoms with Gasteiger partial charge in [0, 0.05) is 17.6 Å². The monoisotopic (exact) mass is 407 g/mol. The van der Waals surface area contributed by atoms with Gasteiger partial charge >= 0.3 is 0 Å². The number of amides is 1. The highest BCUT2D eigenvalue weighted by Gasteiger charge is 2.18. The van der Waals surface area contributed by atoms with E-state index in [9.17, 15) is 4.79 Å². The molecule has 0 aliphatic heterocycles. The normalized spacial score (nSPS) is 11.9. The number of carbonyl (C=O) groups excluding carboxylic acids is 1. The summed E-state index contributed by atoms with van der Waals surface area (Å²) >= 11 is 1.49. The van der Waals surface area contributed by atoms with E-state index in [1.165, 1.54) is 11.8 Å². The number of ether oxygens (including phenoxy) is 1. The van der Waals surface area contributed by atoms with E-state index >= 15 is 0 Å². The molecule has 0 spiro atoms. The maximum Gasteiger partial charge on any atom is 0.254 e. The van der Waals surface area contributed by atoms with Crippen molar-refractivity contribution in [1.29, 1.82) is 0 Å². The molecule has 0 fully saturated rings. The molecule has 0 saturated heterocycles. The second kappa shape index (κ2) is 10.1. The van der Waals surface area contributed by atoms with Crippen molar-refractivity contribution in [3.05, 3.63) is 84.1 Å². The first-order valence-electron chi connectivity index (χ1n) is 9.35. The van der Waals surface area contributed by atoms with Gasteiger partial charge in [-0.3, -0.25) is 4.79 Å². The maximum atomic E-state index is 12.9. The van der Waals surface area contributed by atoms with Crippen LogP contribution in [0.4, 0.5) is 0 Å². The van der Waals surface area contributed by atoms with Crippen molar-refractivity contribution in [3.8, 4) is 5.75 Å². The van der Waals surface area contributed by atoms with Crippen molar-refractivity contribution in [3.63, 3.8) is 0 Å². The Morgan fingerprint density at radius 1 is 1.07 bits per heavy atom. The predicted octanol–water partition coefficient (Wildman–Crippen LogP) is 4.27. The largest absolute Gasteiger partial charge is 0.497 e. The Morgan fingerprint density at radius 2 is 1.79 bits per heavy atom. The van der Waals surface area contributed by atoms with Crippen molar-refractivity contribution in [2.45, 2.75) is 16.0 Å². The first-order chi connectivity index (χ1) is 14.1. The van der Waals surface area contributed by atoms with Crippen LogP contribution < -0.4 is 10.1 Å². The fourth-order valence-electron chi connectivity index (χ4n) is 2.95. The number of carbonyl (C=O) groups is 1. The van der Waals surface area contributed by atoms with Crippen LogP contribution in [-0.2, 0) is 0 Å². The summed E-state index contributed by atoms with van der Waals surface area (Å²) in [6.07, 6.45) is 1.71. The van der Waals surface area contributed by atoms with Gasteiger partial charge in [-0.05, 0) is 56.1 Å². The van der Waals surface area contributed by atoms with Gasteiger partial charge in [0.1, 0.15) is 10.8 Å². The second-order valence-electron chi connectivity index (χ2n) is 6.73. The van der Waals surface area contributed by atoms with Gasteiger partial charge in [0.05, 0.1) is 18.7 Å². The van der Waals surface area contributed by atoms with Gasteiger partial charge in [-0.25, -0.2) is 4.98 Å². The number of hydrogen-bond donors (Lipinski definition) is 1. The quantitative estimate of drug-likeness (QED) is 0.604. The minimum absolute atomic E-state index is 0.0479. The minimum atomic E-state index is -0.128. The summed E-state index contributed by atoms with van der Waals surface area (Å²) in [7, 11) is 5.65. The Morgan fingerprint density at radius 3 is 2.45 bits per heavy atom. The molecule has 150 valence electrons. The summed E-state index contributed by atoms with van der Waals surface area (Å²) in [4.78, 5) is 20.5. The zero-order valence-electron chi connectivity index (χ0n) is 16.8. The summed E-state index contributed by atoms with van der Waals surface area (Å²) in [6, 6.07) is 21.5. The number of hydrogen-bond acceptors (Lipinski definition) is 5. The molecule has 0 aliphatic carbocycles. The number of aromatic nitrogens is 1. The number of benzene rings is 2. The van der Waals surface area contributed by atoms with Crippen molar-refractivity contribution >= 4 is 17.7 Å². The molecular weight excluding hydrogens is 382 g/mol. The summed E-state index contributed by atoms with van der Waals surface area (Å²) in [6.45, 7) is 0.489. The molecule has 1 atom stereocenters. The van der Waals surface area contributed by atoms with E-state index in [1.54, 1.807) is 19.4 Å². The Labute approximate surface area is 176 Å². The maximum absolute atomic E-state index is 12.9. The number of nitrogens with zero attached hydrogens (tertiary/aromatic N) is 2. The molecular formula is C23H25N3O2S.